The molecule has 1 aromatic heterocycles. The molecule has 2 N–H and O–H groups in total. The fourth-order valence-corrected chi connectivity index (χ4v) is 2.70. The summed E-state index contributed by atoms with van der Waals surface area (Å²) in [7, 11) is 0. The van der Waals surface area contributed by atoms with Crippen molar-refractivity contribution in [1.29, 1.82) is 0 Å². The number of nitrogens with one attached hydrogen (secondary N) is 1. The lowest BCUT2D eigenvalue weighted by atomic mass is 9.83. The molecule has 0 spiro atoms. The first-order valence-electron chi connectivity index (χ1n) is 6.22. The largest absolute Gasteiger partial charge is 0.384 e. The third kappa shape index (κ3) is 3.59. The highest BCUT2D eigenvalue weighted by Gasteiger charge is 2.20. The molecule has 0 radical (unpaired) electrons. The topological polar surface area (TPSA) is 49.3 Å². The van der Waals surface area contributed by atoms with E-state index >= 15 is 0 Å². The van der Waals surface area contributed by atoms with Crippen LogP contribution >= 0.6 is 11.3 Å². The van der Waals surface area contributed by atoms with Gasteiger partial charge in [0, 0.05) is 16.9 Å². The molecule has 1 amide bonds. The molecule has 1 aliphatic carbocycles. The molecule has 0 atom stereocenters. The Hall–Kier alpha value is -1.31. The molecule has 1 fully saturated rings. The van der Waals surface area contributed by atoms with Crippen molar-refractivity contribution in [2.75, 3.05) is 6.61 Å². The highest BCUT2D eigenvalue weighted by Crippen LogP contribution is 2.29. The van der Waals surface area contributed by atoms with Crippen LogP contribution in [0.25, 0.3) is 0 Å². The van der Waals surface area contributed by atoms with Gasteiger partial charge in [-0.05, 0) is 30.2 Å². The predicted octanol–water partition coefficient (Wildman–Crippen LogP) is 1.90. The maximum Gasteiger partial charge on any atom is 0.220 e. The molecule has 3 nitrogen and oxygen atoms in total. The van der Waals surface area contributed by atoms with Gasteiger partial charge in [-0.3, -0.25) is 4.79 Å². The molecule has 0 aliphatic heterocycles. The van der Waals surface area contributed by atoms with Crippen molar-refractivity contribution < 1.29 is 9.90 Å². The average molecular weight is 263 g/mol. The zero-order valence-corrected chi connectivity index (χ0v) is 11.1. The zero-order valence-electron chi connectivity index (χ0n) is 10.2. The number of thiophene rings is 1. The molecule has 1 heterocycles. The lowest BCUT2D eigenvalue weighted by Crippen LogP contribution is -2.27. The van der Waals surface area contributed by atoms with Gasteiger partial charge in [-0.25, -0.2) is 0 Å². The van der Waals surface area contributed by atoms with E-state index in [1.807, 2.05) is 11.4 Å². The first-order valence-corrected chi connectivity index (χ1v) is 7.10. The second-order valence-corrected chi connectivity index (χ2v) is 5.50. The van der Waals surface area contributed by atoms with E-state index in [-0.39, 0.29) is 12.5 Å². The van der Waals surface area contributed by atoms with Crippen LogP contribution in [0, 0.1) is 17.8 Å². The second-order valence-electron chi connectivity index (χ2n) is 4.50. The first-order chi connectivity index (χ1) is 8.79. The van der Waals surface area contributed by atoms with Crippen LogP contribution in [0.3, 0.4) is 0 Å². The summed E-state index contributed by atoms with van der Waals surface area (Å²) >= 11 is 1.58. The molecule has 0 aromatic carbocycles. The molecule has 1 aromatic rings. The Kier molecular flexibility index (Phi) is 4.80. The van der Waals surface area contributed by atoms with Crippen LogP contribution in [0.15, 0.2) is 11.4 Å². The van der Waals surface area contributed by atoms with E-state index in [0.717, 1.165) is 10.4 Å². The van der Waals surface area contributed by atoms with E-state index in [4.69, 9.17) is 5.11 Å². The predicted molar refractivity (Wildman–Crippen MR) is 72.1 cm³/mol. The quantitative estimate of drug-likeness (QED) is 0.815. The van der Waals surface area contributed by atoms with Crippen molar-refractivity contribution in [3.05, 3.63) is 21.9 Å². The summed E-state index contributed by atoms with van der Waals surface area (Å²) in [5.74, 6) is 6.25. The summed E-state index contributed by atoms with van der Waals surface area (Å²) in [6, 6.07) is 1.92. The Bertz CT molecular complexity index is 466. The van der Waals surface area contributed by atoms with Crippen molar-refractivity contribution in [2.24, 2.45) is 5.92 Å². The summed E-state index contributed by atoms with van der Waals surface area (Å²) in [5, 5.41) is 13.6. The SMILES string of the molecule is O=C(CC1CCC1)NCc1sccc1C#CCO. The monoisotopic (exact) mass is 263 g/mol. The van der Waals surface area contributed by atoms with E-state index in [1.54, 1.807) is 11.3 Å². The van der Waals surface area contributed by atoms with Crippen LogP contribution in [0.1, 0.15) is 36.1 Å². The Morgan fingerprint density at radius 1 is 1.56 bits per heavy atom. The van der Waals surface area contributed by atoms with Crippen LogP contribution in [-0.4, -0.2) is 17.6 Å². The minimum absolute atomic E-state index is 0.133. The van der Waals surface area contributed by atoms with Crippen molar-refractivity contribution in [3.63, 3.8) is 0 Å². The normalized spacial score (nSPS) is 14.5. The standard InChI is InChI=1S/C14H17NO2S/c16-7-2-5-12-6-8-18-13(12)10-15-14(17)9-11-3-1-4-11/h6,8,11,16H,1,3-4,7,9-10H2,(H,15,17). The number of aliphatic hydroxyl groups excluding tert-OH is 1. The Labute approximate surface area is 111 Å². The van der Waals surface area contributed by atoms with E-state index in [1.165, 1.54) is 19.3 Å². The fourth-order valence-electron chi connectivity index (χ4n) is 1.93. The molecular weight excluding hydrogens is 246 g/mol. The van der Waals surface area contributed by atoms with Crippen LogP contribution < -0.4 is 5.32 Å². The van der Waals surface area contributed by atoms with Crippen molar-refractivity contribution in [3.8, 4) is 11.8 Å². The molecule has 1 aliphatic rings. The number of hydrogen-bond donors (Lipinski definition) is 2. The average Bonchev–Trinajstić information content (AvgIpc) is 2.76. The molecule has 0 bridgehead atoms. The smallest absolute Gasteiger partial charge is 0.220 e. The van der Waals surface area contributed by atoms with Crippen LogP contribution in [-0.2, 0) is 11.3 Å². The lowest BCUT2D eigenvalue weighted by Gasteiger charge is -2.24. The van der Waals surface area contributed by atoms with E-state index in [0.29, 0.717) is 18.9 Å². The molecule has 0 unspecified atom stereocenters. The molecule has 0 saturated heterocycles. The molecule has 1 saturated carbocycles. The Balaban J connectivity index is 1.81. The van der Waals surface area contributed by atoms with Crippen molar-refractivity contribution >= 4 is 17.2 Å². The summed E-state index contributed by atoms with van der Waals surface area (Å²) in [6.07, 6.45) is 4.31. The van der Waals surface area contributed by atoms with E-state index in [9.17, 15) is 4.79 Å². The van der Waals surface area contributed by atoms with Gasteiger partial charge < -0.3 is 10.4 Å². The zero-order chi connectivity index (χ0) is 12.8. The third-order valence-electron chi connectivity index (χ3n) is 3.19. The van der Waals surface area contributed by atoms with Gasteiger partial charge >= 0.3 is 0 Å². The first kappa shape index (κ1) is 13.1. The van der Waals surface area contributed by atoms with E-state index < -0.39 is 0 Å². The van der Waals surface area contributed by atoms with Crippen LogP contribution in [0.2, 0.25) is 0 Å². The number of hydrogen-bond acceptors (Lipinski definition) is 3. The number of carbonyl (C=O) groups excluding carboxylic acids is 1. The fraction of sp³-hybridized carbons (Fsp3) is 0.500. The molecule has 4 heteroatoms. The van der Waals surface area contributed by atoms with Gasteiger partial charge in [-0.2, -0.15) is 0 Å². The van der Waals surface area contributed by atoms with Gasteiger partial charge in [0.25, 0.3) is 0 Å². The maximum atomic E-state index is 11.7. The highest BCUT2D eigenvalue weighted by atomic mass is 32.1. The highest BCUT2D eigenvalue weighted by molar-refractivity contribution is 7.10. The lowest BCUT2D eigenvalue weighted by molar-refractivity contribution is -0.122. The van der Waals surface area contributed by atoms with E-state index in [2.05, 4.69) is 17.2 Å². The van der Waals surface area contributed by atoms with Crippen LogP contribution in [0.4, 0.5) is 0 Å². The Morgan fingerprint density at radius 2 is 2.39 bits per heavy atom. The number of aliphatic hydroxyl groups is 1. The molecular formula is C14H17NO2S. The van der Waals surface area contributed by atoms with Gasteiger partial charge in [0.1, 0.15) is 6.61 Å². The third-order valence-corrected chi connectivity index (χ3v) is 4.11. The summed E-state index contributed by atoms with van der Waals surface area (Å²) in [5.41, 5.74) is 0.901. The molecule has 96 valence electrons. The van der Waals surface area contributed by atoms with Crippen molar-refractivity contribution in [2.45, 2.75) is 32.2 Å². The minimum atomic E-state index is -0.136. The molecule has 2 rings (SSSR count). The van der Waals surface area contributed by atoms with Gasteiger partial charge in [0.05, 0.1) is 6.54 Å². The van der Waals surface area contributed by atoms with Gasteiger partial charge in [0.15, 0.2) is 0 Å². The van der Waals surface area contributed by atoms with Gasteiger partial charge in [0.2, 0.25) is 5.91 Å². The van der Waals surface area contributed by atoms with Gasteiger partial charge in [-0.1, -0.05) is 18.3 Å². The number of amides is 1. The number of rotatable bonds is 4. The van der Waals surface area contributed by atoms with Crippen LogP contribution in [0.5, 0.6) is 0 Å². The summed E-state index contributed by atoms with van der Waals surface area (Å²) in [4.78, 5) is 12.7. The number of carbonyl (C=O) groups is 1. The Morgan fingerprint density at radius 3 is 3.06 bits per heavy atom. The maximum absolute atomic E-state index is 11.7. The summed E-state index contributed by atoms with van der Waals surface area (Å²) in [6.45, 7) is 0.405. The summed E-state index contributed by atoms with van der Waals surface area (Å²) < 4.78 is 0. The van der Waals surface area contributed by atoms with Gasteiger partial charge in [-0.15, -0.1) is 11.3 Å². The minimum Gasteiger partial charge on any atom is -0.384 e. The second kappa shape index (κ2) is 6.58. The molecule has 18 heavy (non-hydrogen) atoms. The van der Waals surface area contributed by atoms with Crippen molar-refractivity contribution in [1.82, 2.24) is 5.32 Å².